The number of carbonyl (C=O) groups excluding carboxylic acids is 1. The Hall–Kier alpha value is -2.51. The highest BCUT2D eigenvalue weighted by atomic mass is 35.5. The van der Waals surface area contributed by atoms with Crippen LogP contribution in [0.25, 0.3) is 0 Å². The van der Waals surface area contributed by atoms with Crippen LogP contribution in [0.2, 0.25) is 5.02 Å². The summed E-state index contributed by atoms with van der Waals surface area (Å²) in [5, 5.41) is 9.22. The lowest BCUT2D eigenvalue weighted by atomic mass is 10.1. The minimum Gasteiger partial charge on any atom is -0.398 e. The van der Waals surface area contributed by atoms with Gasteiger partial charge in [-0.1, -0.05) is 29.8 Å². The second kappa shape index (κ2) is 6.78. The molecule has 0 bridgehead atoms. The normalized spacial score (nSPS) is 9.90. The lowest BCUT2D eigenvalue weighted by molar-refractivity contribution is 0.0988. The molecule has 2 aromatic carbocycles. The molecule has 2 N–H and O–H groups in total. The third-order valence-electron chi connectivity index (χ3n) is 3.01. The molecule has 0 radical (unpaired) electrons. The van der Waals surface area contributed by atoms with E-state index in [2.05, 4.69) is 0 Å². The maximum atomic E-state index is 12.7. The Kier molecular flexibility index (Phi) is 4.81. The minimum atomic E-state index is -0.267. The van der Waals surface area contributed by atoms with Gasteiger partial charge >= 0.3 is 0 Å². The molecular weight excluding hydrogens is 286 g/mol. The first-order chi connectivity index (χ1) is 10.1. The first kappa shape index (κ1) is 14.9. The number of carbonyl (C=O) groups is 1. The second-order valence-corrected chi connectivity index (χ2v) is 4.87. The number of hydrogen-bond donors (Lipinski definition) is 1. The first-order valence-electron chi connectivity index (χ1n) is 6.42. The maximum absolute atomic E-state index is 12.7. The van der Waals surface area contributed by atoms with E-state index >= 15 is 0 Å². The number of nitrogens with zero attached hydrogens (tertiary/aromatic N) is 2. The maximum Gasteiger partial charge on any atom is 0.260 e. The van der Waals surface area contributed by atoms with Crippen molar-refractivity contribution in [2.24, 2.45) is 0 Å². The van der Waals surface area contributed by atoms with Crippen molar-refractivity contribution < 1.29 is 4.79 Å². The van der Waals surface area contributed by atoms with Gasteiger partial charge in [-0.05, 0) is 30.3 Å². The first-order valence-corrected chi connectivity index (χ1v) is 6.80. The SMILES string of the molecule is N#CCCN(C(=O)c1cc(Cl)ccc1N)c1ccccc1. The number of amides is 1. The highest BCUT2D eigenvalue weighted by Crippen LogP contribution is 2.23. The molecule has 0 spiro atoms. The lowest BCUT2D eigenvalue weighted by Crippen LogP contribution is -2.32. The zero-order chi connectivity index (χ0) is 15.2. The fraction of sp³-hybridized carbons (Fsp3) is 0.125. The van der Waals surface area contributed by atoms with Gasteiger partial charge in [0.25, 0.3) is 5.91 Å². The zero-order valence-corrected chi connectivity index (χ0v) is 12.0. The van der Waals surface area contributed by atoms with Crippen LogP contribution in [0.1, 0.15) is 16.8 Å². The van der Waals surface area contributed by atoms with Crippen molar-refractivity contribution >= 4 is 28.9 Å². The van der Waals surface area contributed by atoms with Crippen LogP contribution in [0.3, 0.4) is 0 Å². The van der Waals surface area contributed by atoms with E-state index in [0.29, 0.717) is 22.8 Å². The quantitative estimate of drug-likeness (QED) is 0.879. The lowest BCUT2D eigenvalue weighted by Gasteiger charge is -2.22. The second-order valence-electron chi connectivity index (χ2n) is 4.43. The summed E-state index contributed by atoms with van der Waals surface area (Å²) in [5.41, 5.74) is 7.28. The molecule has 1 amide bonds. The summed E-state index contributed by atoms with van der Waals surface area (Å²) in [7, 11) is 0. The van der Waals surface area contributed by atoms with Crippen molar-refractivity contribution in [2.45, 2.75) is 6.42 Å². The Labute approximate surface area is 128 Å². The molecule has 0 aliphatic rings. The van der Waals surface area contributed by atoms with Gasteiger partial charge in [0, 0.05) is 22.9 Å². The number of para-hydroxylation sites is 1. The van der Waals surface area contributed by atoms with Gasteiger partial charge in [0.1, 0.15) is 0 Å². The van der Waals surface area contributed by atoms with Crippen LogP contribution in [-0.2, 0) is 0 Å². The number of hydrogen-bond acceptors (Lipinski definition) is 3. The number of anilines is 2. The Bertz CT molecular complexity index is 680. The average Bonchev–Trinajstić information content (AvgIpc) is 2.51. The van der Waals surface area contributed by atoms with Gasteiger partial charge in [-0.15, -0.1) is 0 Å². The molecule has 21 heavy (non-hydrogen) atoms. The van der Waals surface area contributed by atoms with Crippen LogP contribution in [-0.4, -0.2) is 12.5 Å². The molecule has 0 aliphatic carbocycles. The zero-order valence-electron chi connectivity index (χ0n) is 11.3. The summed E-state index contributed by atoms with van der Waals surface area (Å²) >= 11 is 5.94. The van der Waals surface area contributed by atoms with Crippen molar-refractivity contribution in [1.82, 2.24) is 0 Å². The molecule has 106 valence electrons. The molecular formula is C16H14ClN3O. The van der Waals surface area contributed by atoms with Crippen LogP contribution < -0.4 is 10.6 Å². The topological polar surface area (TPSA) is 70.1 Å². The van der Waals surface area contributed by atoms with Crippen molar-refractivity contribution in [3.63, 3.8) is 0 Å². The van der Waals surface area contributed by atoms with E-state index in [1.54, 1.807) is 18.2 Å². The Morgan fingerprint density at radius 1 is 1.24 bits per heavy atom. The van der Waals surface area contributed by atoms with E-state index < -0.39 is 0 Å². The number of nitriles is 1. The average molecular weight is 300 g/mol. The molecule has 2 rings (SSSR count). The van der Waals surface area contributed by atoms with Crippen LogP contribution in [0, 0.1) is 11.3 Å². The Balaban J connectivity index is 2.39. The van der Waals surface area contributed by atoms with Gasteiger partial charge in [0.15, 0.2) is 0 Å². The van der Waals surface area contributed by atoms with Crippen LogP contribution >= 0.6 is 11.6 Å². The largest absolute Gasteiger partial charge is 0.398 e. The third-order valence-corrected chi connectivity index (χ3v) is 3.24. The van der Waals surface area contributed by atoms with Crippen molar-refractivity contribution in [3.8, 4) is 6.07 Å². The standard InChI is InChI=1S/C16H14ClN3O/c17-12-7-8-15(19)14(11-12)16(21)20(10-4-9-18)13-5-2-1-3-6-13/h1-3,5-8,11H,4,10,19H2. The Morgan fingerprint density at radius 2 is 1.95 bits per heavy atom. The molecule has 0 saturated carbocycles. The summed E-state index contributed by atoms with van der Waals surface area (Å²) in [4.78, 5) is 14.2. The summed E-state index contributed by atoms with van der Waals surface area (Å²) in [6, 6.07) is 16.0. The van der Waals surface area contributed by atoms with Crippen LogP contribution in [0.4, 0.5) is 11.4 Å². The summed E-state index contributed by atoms with van der Waals surface area (Å²) in [6.45, 7) is 0.297. The molecule has 0 saturated heterocycles. The van der Waals surface area contributed by atoms with E-state index in [-0.39, 0.29) is 12.3 Å². The fourth-order valence-corrected chi connectivity index (χ4v) is 2.15. The monoisotopic (exact) mass is 299 g/mol. The highest BCUT2D eigenvalue weighted by Gasteiger charge is 2.19. The molecule has 0 unspecified atom stereocenters. The number of benzene rings is 2. The van der Waals surface area contributed by atoms with Gasteiger partial charge in [-0.2, -0.15) is 5.26 Å². The van der Waals surface area contributed by atoms with Gasteiger partial charge in [0.2, 0.25) is 0 Å². The van der Waals surface area contributed by atoms with E-state index in [9.17, 15) is 4.79 Å². The third kappa shape index (κ3) is 3.53. The Morgan fingerprint density at radius 3 is 2.62 bits per heavy atom. The van der Waals surface area contributed by atoms with E-state index in [1.807, 2.05) is 36.4 Å². The molecule has 0 aromatic heterocycles. The van der Waals surface area contributed by atoms with E-state index in [1.165, 1.54) is 4.90 Å². The summed E-state index contributed by atoms with van der Waals surface area (Å²) < 4.78 is 0. The summed E-state index contributed by atoms with van der Waals surface area (Å²) in [5.74, 6) is -0.267. The number of halogens is 1. The predicted octanol–water partition coefficient (Wildman–Crippen LogP) is 3.48. The highest BCUT2D eigenvalue weighted by molar-refractivity contribution is 6.31. The van der Waals surface area contributed by atoms with Crippen LogP contribution in [0.5, 0.6) is 0 Å². The van der Waals surface area contributed by atoms with Crippen molar-refractivity contribution in [3.05, 3.63) is 59.1 Å². The van der Waals surface area contributed by atoms with E-state index in [0.717, 1.165) is 5.69 Å². The van der Waals surface area contributed by atoms with Crippen LogP contribution in [0.15, 0.2) is 48.5 Å². The predicted molar refractivity (Wildman–Crippen MR) is 84.2 cm³/mol. The molecule has 4 nitrogen and oxygen atoms in total. The fourth-order valence-electron chi connectivity index (χ4n) is 1.98. The van der Waals surface area contributed by atoms with E-state index in [4.69, 9.17) is 22.6 Å². The van der Waals surface area contributed by atoms with Crippen molar-refractivity contribution in [2.75, 3.05) is 17.2 Å². The molecule has 2 aromatic rings. The van der Waals surface area contributed by atoms with Gasteiger partial charge in [-0.25, -0.2) is 0 Å². The number of rotatable bonds is 4. The summed E-state index contributed by atoms with van der Waals surface area (Å²) in [6.07, 6.45) is 0.237. The smallest absolute Gasteiger partial charge is 0.260 e. The van der Waals surface area contributed by atoms with Gasteiger partial charge < -0.3 is 10.6 Å². The number of nitrogens with two attached hydrogens (primary N) is 1. The molecule has 0 atom stereocenters. The molecule has 0 fully saturated rings. The minimum absolute atomic E-state index is 0.237. The molecule has 5 heteroatoms. The molecule has 0 heterocycles. The van der Waals surface area contributed by atoms with Crippen molar-refractivity contribution in [1.29, 1.82) is 5.26 Å². The number of nitrogen functional groups attached to an aromatic ring is 1. The molecule has 0 aliphatic heterocycles. The van der Waals surface area contributed by atoms with Gasteiger partial charge in [-0.3, -0.25) is 4.79 Å². The van der Waals surface area contributed by atoms with Gasteiger partial charge in [0.05, 0.1) is 18.1 Å².